The smallest absolute Gasteiger partial charge is 0.345 e. The zero-order valence-corrected chi connectivity index (χ0v) is 12.9. The molecule has 0 aliphatic carbocycles. The van der Waals surface area contributed by atoms with E-state index in [0.29, 0.717) is 27.9 Å². The van der Waals surface area contributed by atoms with Gasteiger partial charge in [-0.3, -0.25) is 4.79 Å². The van der Waals surface area contributed by atoms with Crippen molar-refractivity contribution < 1.29 is 13.6 Å². The molecule has 0 spiro atoms. The number of aromatic nitrogens is 1. The summed E-state index contributed by atoms with van der Waals surface area (Å²) in [5.74, 6) is 0.376. The first-order valence-electron chi connectivity index (χ1n) is 7.47. The van der Waals surface area contributed by atoms with E-state index < -0.39 is 5.63 Å². The second-order valence-corrected chi connectivity index (χ2v) is 5.50. The van der Waals surface area contributed by atoms with E-state index in [1.165, 1.54) is 0 Å². The molecule has 0 atom stereocenters. The number of furan rings is 1. The van der Waals surface area contributed by atoms with E-state index in [0.717, 1.165) is 5.39 Å². The zero-order chi connectivity index (χ0) is 16.7. The van der Waals surface area contributed by atoms with Crippen molar-refractivity contribution in [3.8, 4) is 0 Å². The predicted octanol–water partition coefficient (Wildman–Crippen LogP) is 2.81. The number of carbonyl (C=O) groups is 1. The summed E-state index contributed by atoms with van der Waals surface area (Å²) in [5.41, 5.74) is 1.12. The molecule has 120 valence electrons. The molecule has 0 radical (unpaired) electrons. The first kappa shape index (κ1) is 14.3. The second kappa shape index (κ2) is 5.42. The standard InChI is InChI=1S/C18H14N2O4/c1-20-14(17(21)19-10-11-5-4-8-23-11)9-13-16(20)12-6-2-3-7-15(12)24-18(13)22/h2-9H,10H2,1H3,(H,19,21). The Kier molecular flexibility index (Phi) is 3.23. The van der Waals surface area contributed by atoms with Gasteiger partial charge in [-0.25, -0.2) is 4.79 Å². The van der Waals surface area contributed by atoms with Crippen LogP contribution in [0.3, 0.4) is 0 Å². The van der Waals surface area contributed by atoms with Gasteiger partial charge in [0, 0.05) is 12.4 Å². The van der Waals surface area contributed by atoms with Crippen molar-refractivity contribution >= 4 is 27.8 Å². The molecule has 24 heavy (non-hydrogen) atoms. The van der Waals surface area contributed by atoms with Crippen molar-refractivity contribution in [1.82, 2.24) is 9.88 Å². The molecule has 0 aliphatic heterocycles. The van der Waals surface area contributed by atoms with Crippen molar-refractivity contribution in [3.05, 3.63) is 70.6 Å². The molecular formula is C18H14N2O4. The Bertz CT molecular complexity index is 1100. The number of amides is 1. The van der Waals surface area contributed by atoms with Gasteiger partial charge in [-0.1, -0.05) is 12.1 Å². The van der Waals surface area contributed by atoms with Gasteiger partial charge in [0.05, 0.1) is 23.7 Å². The maximum absolute atomic E-state index is 12.5. The second-order valence-electron chi connectivity index (χ2n) is 5.50. The average Bonchev–Trinajstić information content (AvgIpc) is 3.21. The van der Waals surface area contributed by atoms with E-state index in [-0.39, 0.29) is 12.5 Å². The lowest BCUT2D eigenvalue weighted by atomic mass is 10.2. The molecule has 6 heteroatoms. The summed E-state index contributed by atoms with van der Waals surface area (Å²) in [7, 11) is 1.76. The lowest BCUT2D eigenvalue weighted by Crippen LogP contribution is -2.24. The molecule has 0 bridgehead atoms. The van der Waals surface area contributed by atoms with Crippen LogP contribution in [0.25, 0.3) is 21.9 Å². The van der Waals surface area contributed by atoms with Gasteiger partial charge in [0.1, 0.15) is 17.0 Å². The Hall–Kier alpha value is -3.28. The highest BCUT2D eigenvalue weighted by atomic mass is 16.4. The van der Waals surface area contributed by atoms with Crippen molar-refractivity contribution in [1.29, 1.82) is 0 Å². The van der Waals surface area contributed by atoms with Crippen molar-refractivity contribution in [3.63, 3.8) is 0 Å². The van der Waals surface area contributed by atoms with Gasteiger partial charge in [0.2, 0.25) is 0 Å². The van der Waals surface area contributed by atoms with Gasteiger partial charge in [-0.05, 0) is 30.3 Å². The van der Waals surface area contributed by atoms with Gasteiger partial charge in [0.25, 0.3) is 5.91 Å². The Balaban J connectivity index is 1.80. The number of nitrogens with one attached hydrogen (secondary N) is 1. The van der Waals surface area contributed by atoms with E-state index in [1.807, 2.05) is 12.1 Å². The lowest BCUT2D eigenvalue weighted by molar-refractivity contribution is 0.0940. The van der Waals surface area contributed by atoms with E-state index >= 15 is 0 Å². The maximum atomic E-state index is 12.5. The topological polar surface area (TPSA) is 77.4 Å². The quantitative estimate of drug-likeness (QED) is 0.588. The molecule has 3 heterocycles. The summed E-state index contributed by atoms with van der Waals surface area (Å²) in [6.45, 7) is 0.280. The average molecular weight is 322 g/mol. The zero-order valence-electron chi connectivity index (χ0n) is 12.9. The molecule has 0 saturated carbocycles. The number of aryl methyl sites for hydroxylation is 1. The monoisotopic (exact) mass is 322 g/mol. The summed E-state index contributed by atoms with van der Waals surface area (Å²) in [6.07, 6.45) is 1.55. The minimum atomic E-state index is -0.454. The molecular weight excluding hydrogens is 308 g/mol. The van der Waals surface area contributed by atoms with Crippen LogP contribution < -0.4 is 10.9 Å². The van der Waals surface area contributed by atoms with Gasteiger partial charge in [-0.2, -0.15) is 0 Å². The van der Waals surface area contributed by atoms with Crippen LogP contribution in [-0.4, -0.2) is 10.5 Å². The highest BCUT2D eigenvalue weighted by Gasteiger charge is 2.18. The summed E-state index contributed by atoms with van der Waals surface area (Å²) in [6, 6.07) is 12.4. The lowest BCUT2D eigenvalue weighted by Gasteiger charge is -2.06. The minimum Gasteiger partial charge on any atom is -0.467 e. The van der Waals surface area contributed by atoms with Crippen LogP contribution in [-0.2, 0) is 13.6 Å². The molecule has 4 aromatic rings. The van der Waals surface area contributed by atoms with Gasteiger partial charge < -0.3 is 18.7 Å². The summed E-state index contributed by atoms with van der Waals surface area (Å²) in [4.78, 5) is 24.7. The van der Waals surface area contributed by atoms with E-state index in [2.05, 4.69) is 5.32 Å². The Morgan fingerprint density at radius 1 is 1.17 bits per heavy atom. The highest BCUT2D eigenvalue weighted by molar-refractivity contribution is 6.07. The van der Waals surface area contributed by atoms with Crippen molar-refractivity contribution in [2.75, 3.05) is 0 Å². The first-order valence-corrected chi connectivity index (χ1v) is 7.47. The van der Waals surface area contributed by atoms with E-state index in [1.54, 1.807) is 48.2 Å². The van der Waals surface area contributed by atoms with Gasteiger partial charge in [-0.15, -0.1) is 0 Å². The Morgan fingerprint density at radius 2 is 2.00 bits per heavy atom. The van der Waals surface area contributed by atoms with Crippen LogP contribution >= 0.6 is 0 Å². The normalized spacial score (nSPS) is 11.2. The van der Waals surface area contributed by atoms with Crippen LogP contribution in [0.15, 0.2) is 62.4 Å². The third-order valence-electron chi connectivity index (χ3n) is 4.03. The molecule has 1 amide bonds. The third kappa shape index (κ3) is 2.20. The van der Waals surface area contributed by atoms with Crippen molar-refractivity contribution in [2.45, 2.75) is 6.54 Å². The molecule has 0 saturated heterocycles. The van der Waals surface area contributed by atoms with E-state index in [9.17, 15) is 9.59 Å². The molecule has 0 aliphatic rings. The Morgan fingerprint density at radius 3 is 2.79 bits per heavy atom. The summed E-state index contributed by atoms with van der Waals surface area (Å²) < 4.78 is 12.2. The van der Waals surface area contributed by atoms with Gasteiger partial charge >= 0.3 is 5.63 Å². The minimum absolute atomic E-state index is 0.280. The molecule has 0 fully saturated rings. The van der Waals surface area contributed by atoms with Crippen LogP contribution in [0, 0.1) is 0 Å². The number of para-hydroxylation sites is 1. The van der Waals surface area contributed by atoms with Crippen LogP contribution in [0.5, 0.6) is 0 Å². The van der Waals surface area contributed by atoms with Crippen LogP contribution in [0.2, 0.25) is 0 Å². The number of fused-ring (bicyclic) bond motifs is 3. The highest BCUT2D eigenvalue weighted by Crippen LogP contribution is 2.25. The molecule has 0 unspecified atom stereocenters. The Labute approximate surface area is 136 Å². The first-order chi connectivity index (χ1) is 11.6. The van der Waals surface area contributed by atoms with Gasteiger partial charge in [0.15, 0.2) is 0 Å². The fraction of sp³-hybridized carbons (Fsp3) is 0.111. The molecule has 1 N–H and O–H groups in total. The SMILES string of the molecule is Cn1c(C(=O)NCc2ccco2)cc2c(=O)oc3ccccc3c21. The molecule has 3 aromatic heterocycles. The summed E-state index contributed by atoms with van der Waals surface area (Å²) in [5, 5.41) is 3.96. The fourth-order valence-corrected chi connectivity index (χ4v) is 2.88. The molecule has 4 rings (SSSR count). The number of hydrogen-bond donors (Lipinski definition) is 1. The number of carbonyl (C=O) groups excluding carboxylic acids is 1. The predicted molar refractivity (Wildman–Crippen MR) is 88.8 cm³/mol. The molecule has 1 aromatic carbocycles. The number of nitrogens with zero attached hydrogens (tertiary/aromatic N) is 1. The van der Waals surface area contributed by atoms with Crippen LogP contribution in [0.4, 0.5) is 0 Å². The largest absolute Gasteiger partial charge is 0.467 e. The van der Waals surface area contributed by atoms with Crippen LogP contribution in [0.1, 0.15) is 16.2 Å². The fourth-order valence-electron chi connectivity index (χ4n) is 2.88. The number of rotatable bonds is 3. The van der Waals surface area contributed by atoms with Crippen molar-refractivity contribution in [2.24, 2.45) is 7.05 Å². The number of benzene rings is 1. The molecule has 6 nitrogen and oxygen atoms in total. The summed E-state index contributed by atoms with van der Waals surface area (Å²) >= 11 is 0. The third-order valence-corrected chi connectivity index (χ3v) is 4.03. The van der Waals surface area contributed by atoms with E-state index in [4.69, 9.17) is 8.83 Å². The maximum Gasteiger partial charge on any atom is 0.345 e. The number of hydrogen-bond acceptors (Lipinski definition) is 4.